The highest BCUT2D eigenvalue weighted by Gasteiger charge is 2.20. The second-order valence-electron chi connectivity index (χ2n) is 3.87. The Morgan fingerprint density at radius 3 is 2.73 bits per heavy atom. The molecule has 64 valence electrons. The van der Waals surface area contributed by atoms with E-state index in [2.05, 4.69) is 10.2 Å². The number of nitrogens with one attached hydrogen (secondary N) is 1. The highest BCUT2D eigenvalue weighted by molar-refractivity contribution is 4.76. The third-order valence-electron chi connectivity index (χ3n) is 2.86. The van der Waals surface area contributed by atoms with Crippen LogP contribution >= 0.6 is 0 Å². The van der Waals surface area contributed by atoms with Crippen molar-refractivity contribution in [1.82, 2.24) is 10.2 Å². The van der Waals surface area contributed by atoms with E-state index in [4.69, 9.17) is 0 Å². The summed E-state index contributed by atoms with van der Waals surface area (Å²) in [5.74, 6) is 0.948. The van der Waals surface area contributed by atoms with E-state index >= 15 is 0 Å². The molecule has 1 N–H and O–H groups in total. The van der Waals surface area contributed by atoms with Crippen molar-refractivity contribution >= 4 is 0 Å². The van der Waals surface area contributed by atoms with Crippen LogP contribution in [0.1, 0.15) is 19.3 Å². The summed E-state index contributed by atoms with van der Waals surface area (Å²) in [4.78, 5) is 2.58. The number of piperidine rings is 1. The summed E-state index contributed by atoms with van der Waals surface area (Å²) in [5.41, 5.74) is 0. The van der Waals surface area contributed by atoms with E-state index in [1.165, 1.54) is 52.0 Å². The third kappa shape index (κ3) is 1.94. The molecule has 0 aliphatic carbocycles. The molecule has 2 saturated heterocycles. The van der Waals surface area contributed by atoms with Crippen molar-refractivity contribution in [2.75, 3.05) is 32.7 Å². The number of nitrogens with zero attached hydrogens (tertiary/aromatic N) is 1. The van der Waals surface area contributed by atoms with Gasteiger partial charge in [-0.1, -0.05) is 0 Å². The van der Waals surface area contributed by atoms with E-state index in [0.717, 1.165) is 5.92 Å². The van der Waals surface area contributed by atoms with Gasteiger partial charge >= 0.3 is 0 Å². The molecule has 0 aromatic heterocycles. The van der Waals surface area contributed by atoms with Crippen molar-refractivity contribution in [1.29, 1.82) is 0 Å². The molecule has 0 unspecified atom stereocenters. The van der Waals surface area contributed by atoms with Crippen molar-refractivity contribution in [3.05, 3.63) is 0 Å². The largest absolute Gasteiger partial charge is 0.316 e. The van der Waals surface area contributed by atoms with E-state index in [1.807, 2.05) is 0 Å². The van der Waals surface area contributed by atoms with Crippen molar-refractivity contribution in [2.24, 2.45) is 5.92 Å². The second kappa shape index (κ2) is 3.55. The molecule has 11 heavy (non-hydrogen) atoms. The summed E-state index contributed by atoms with van der Waals surface area (Å²) in [6, 6.07) is 0. The average Bonchev–Trinajstić information content (AvgIpc) is 1.99. The molecule has 2 nitrogen and oxygen atoms in total. The molecular weight excluding hydrogens is 136 g/mol. The first-order chi connectivity index (χ1) is 5.45. The Kier molecular flexibility index (Phi) is 2.44. The Labute approximate surface area is 69.0 Å². The maximum absolute atomic E-state index is 3.46. The third-order valence-corrected chi connectivity index (χ3v) is 2.86. The molecule has 2 rings (SSSR count). The van der Waals surface area contributed by atoms with Crippen molar-refractivity contribution in [3.63, 3.8) is 0 Å². The summed E-state index contributed by atoms with van der Waals surface area (Å²) in [5, 5.41) is 3.46. The van der Waals surface area contributed by atoms with E-state index in [-0.39, 0.29) is 0 Å². The van der Waals surface area contributed by atoms with E-state index in [0.29, 0.717) is 0 Å². The summed E-state index contributed by atoms with van der Waals surface area (Å²) in [6.45, 7) is 6.58. The summed E-state index contributed by atoms with van der Waals surface area (Å²) >= 11 is 0. The van der Waals surface area contributed by atoms with Gasteiger partial charge in [0.15, 0.2) is 0 Å². The predicted molar refractivity (Wildman–Crippen MR) is 46.7 cm³/mol. The van der Waals surface area contributed by atoms with Gasteiger partial charge in [0.05, 0.1) is 0 Å². The molecule has 0 aromatic rings. The van der Waals surface area contributed by atoms with Crippen LogP contribution in [0.5, 0.6) is 0 Å². The van der Waals surface area contributed by atoms with Crippen LogP contribution in [0.15, 0.2) is 0 Å². The van der Waals surface area contributed by atoms with Gasteiger partial charge in [-0.15, -0.1) is 0 Å². The van der Waals surface area contributed by atoms with Gasteiger partial charge in [0.2, 0.25) is 0 Å². The molecule has 0 saturated carbocycles. The first-order valence-corrected chi connectivity index (χ1v) is 4.88. The van der Waals surface area contributed by atoms with Crippen LogP contribution in [0.4, 0.5) is 0 Å². The van der Waals surface area contributed by atoms with Crippen LogP contribution in [-0.4, -0.2) is 37.6 Å². The van der Waals surface area contributed by atoms with Gasteiger partial charge in [0, 0.05) is 6.54 Å². The molecule has 2 heterocycles. The fourth-order valence-corrected chi connectivity index (χ4v) is 2.01. The molecule has 0 radical (unpaired) electrons. The molecule has 1 atom stereocenters. The Hall–Kier alpha value is -0.0800. The Morgan fingerprint density at radius 1 is 1.27 bits per heavy atom. The van der Waals surface area contributed by atoms with Crippen LogP contribution < -0.4 is 5.32 Å². The van der Waals surface area contributed by atoms with Gasteiger partial charge in [-0.3, -0.25) is 0 Å². The smallest absolute Gasteiger partial charge is 0.00218 e. The molecule has 2 heteroatoms. The first-order valence-electron chi connectivity index (χ1n) is 4.88. The Balaban J connectivity index is 1.67. The van der Waals surface area contributed by atoms with Crippen LogP contribution in [0.3, 0.4) is 0 Å². The molecule has 2 aliphatic rings. The average molecular weight is 154 g/mol. The fourth-order valence-electron chi connectivity index (χ4n) is 2.01. The monoisotopic (exact) mass is 154 g/mol. The van der Waals surface area contributed by atoms with Gasteiger partial charge in [-0.25, -0.2) is 0 Å². The number of hydrogen-bond acceptors (Lipinski definition) is 2. The van der Waals surface area contributed by atoms with Gasteiger partial charge in [-0.05, 0) is 51.4 Å². The zero-order valence-electron chi connectivity index (χ0n) is 7.18. The minimum atomic E-state index is 0.948. The zero-order valence-corrected chi connectivity index (χ0v) is 7.18. The van der Waals surface area contributed by atoms with Crippen LogP contribution in [0.25, 0.3) is 0 Å². The summed E-state index contributed by atoms with van der Waals surface area (Å²) in [6.07, 6.45) is 4.27. The van der Waals surface area contributed by atoms with Gasteiger partial charge in [0.25, 0.3) is 0 Å². The predicted octanol–water partition coefficient (Wildman–Crippen LogP) is 0.692. The molecule has 2 aliphatic heterocycles. The molecule has 0 bridgehead atoms. The Morgan fingerprint density at radius 2 is 2.18 bits per heavy atom. The van der Waals surface area contributed by atoms with Crippen LogP contribution in [0, 0.1) is 5.92 Å². The Bertz CT molecular complexity index is 115. The highest BCUT2D eigenvalue weighted by atomic mass is 15.2. The van der Waals surface area contributed by atoms with Crippen molar-refractivity contribution < 1.29 is 0 Å². The maximum Gasteiger partial charge on any atom is 0.00218 e. The molecular formula is C9H18N2. The highest BCUT2D eigenvalue weighted by Crippen LogP contribution is 2.15. The number of rotatable bonds is 2. The summed E-state index contributed by atoms with van der Waals surface area (Å²) < 4.78 is 0. The number of hydrogen-bond donors (Lipinski definition) is 1. The van der Waals surface area contributed by atoms with E-state index < -0.39 is 0 Å². The second-order valence-corrected chi connectivity index (χ2v) is 3.87. The topological polar surface area (TPSA) is 15.3 Å². The van der Waals surface area contributed by atoms with E-state index in [1.54, 1.807) is 0 Å². The van der Waals surface area contributed by atoms with Gasteiger partial charge < -0.3 is 10.2 Å². The van der Waals surface area contributed by atoms with Crippen LogP contribution in [-0.2, 0) is 0 Å². The first kappa shape index (κ1) is 7.56. The minimum absolute atomic E-state index is 0.948. The maximum atomic E-state index is 3.46. The lowest BCUT2D eigenvalue weighted by Crippen LogP contribution is -2.44. The van der Waals surface area contributed by atoms with E-state index in [9.17, 15) is 0 Å². The van der Waals surface area contributed by atoms with Crippen LogP contribution in [0.2, 0.25) is 0 Å². The molecule has 0 aromatic carbocycles. The molecule has 2 fully saturated rings. The number of likely N-dealkylation sites (tertiary alicyclic amines) is 1. The van der Waals surface area contributed by atoms with Crippen molar-refractivity contribution in [3.8, 4) is 0 Å². The zero-order chi connectivity index (χ0) is 7.52. The lowest BCUT2D eigenvalue weighted by molar-refractivity contribution is 0.141. The van der Waals surface area contributed by atoms with Gasteiger partial charge in [0.1, 0.15) is 0 Å². The normalized spacial score (nSPS) is 33.3. The molecule has 0 amide bonds. The lowest BCUT2D eigenvalue weighted by atomic mass is 9.98. The SMILES string of the molecule is C1CNC[C@@H](CN2CCC2)C1. The minimum Gasteiger partial charge on any atom is -0.316 e. The summed E-state index contributed by atoms with van der Waals surface area (Å²) in [7, 11) is 0. The van der Waals surface area contributed by atoms with Crippen molar-refractivity contribution in [2.45, 2.75) is 19.3 Å². The standard InChI is InChI=1S/C9H18N2/c1-3-9(7-10-4-1)8-11-5-2-6-11/h9-10H,1-8H2/t9-/m0/s1. The molecule has 0 spiro atoms. The quantitative estimate of drug-likeness (QED) is 0.629. The van der Waals surface area contributed by atoms with Gasteiger partial charge in [-0.2, -0.15) is 0 Å². The fraction of sp³-hybridized carbons (Fsp3) is 1.00. The lowest BCUT2D eigenvalue weighted by Gasteiger charge is -2.35.